The van der Waals surface area contributed by atoms with E-state index in [2.05, 4.69) is 22.9 Å². The van der Waals surface area contributed by atoms with Crippen LogP contribution in [-0.4, -0.2) is 25.8 Å². The van der Waals surface area contributed by atoms with Crippen molar-refractivity contribution in [1.82, 2.24) is 4.31 Å². The van der Waals surface area contributed by atoms with Gasteiger partial charge in [0.15, 0.2) is 4.67 Å². The molecular formula is C13H21BrN2O3S. The summed E-state index contributed by atoms with van der Waals surface area (Å²) in [6.45, 7) is 3.53. The second kappa shape index (κ2) is 6.60. The maximum absolute atomic E-state index is 12.6. The van der Waals surface area contributed by atoms with Crippen LogP contribution in [0.4, 0.5) is 0 Å². The average Bonchev–Trinajstić information content (AvgIpc) is 2.82. The first-order chi connectivity index (χ1) is 9.48. The Morgan fingerprint density at radius 1 is 1.45 bits per heavy atom. The van der Waals surface area contributed by atoms with E-state index in [0.717, 1.165) is 19.3 Å². The van der Waals surface area contributed by atoms with Crippen molar-refractivity contribution < 1.29 is 12.8 Å². The van der Waals surface area contributed by atoms with Gasteiger partial charge in [0.1, 0.15) is 10.7 Å². The fourth-order valence-corrected chi connectivity index (χ4v) is 5.09. The first-order valence-corrected chi connectivity index (χ1v) is 9.20. The SMILES string of the molecule is CCCC1CCN(S(=O)(=O)c2cc(CN)oc2Br)CC1. The van der Waals surface area contributed by atoms with Gasteiger partial charge in [-0.15, -0.1) is 0 Å². The second-order valence-corrected chi connectivity index (χ2v) is 7.82. The molecule has 0 spiro atoms. The molecule has 20 heavy (non-hydrogen) atoms. The summed E-state index contributed by atoms with van der Waals surface area (Å²) in [7, 11) is -3.48. The molecule has 1 aromatic rings. The van der Waals surface area contributed by atoms with Gasteiger partial charge in [0.2, 0.25) is 10.0 Å². The van der Waals surface area contributed by atoms with Crippen LogP contribution in [0.5, 0.6) is 0 Å². The number of halogens is 1. The summed E-state index contributed by atoms with van der Waals surface area (Å²) in [4.78, 5) is 0.187. The monoisotopic (exact) mass is 364 g/mol. The standard InChI is InChI=1S/C13H21BrN2O3S/c1-2-3-10-4-6-16(7-5-10)20(17,18)12-8-11(9-15)19-13(12)14/h8,10H,2-7,9,15H2,1H3. The molecule has 2 N–H and O–H groups in total. The highest BCUT2D eigenvalue weighted by molar-refractivity contribution is 9.10. The number of rotatable bonds is 5. The zero-order valence-electron chi connectivity index (χ0n) is 11.6. The molecule has 0 aromatic carbocycles. The van der Waals surface area contributed by atoms with E-state index in [-0.39, 0.29) is 16.1 Å². The van der Waals surface area contributed by atoms with Crippen molar-refractivity contribution in [2.75, 3.05) is 13.1 Å². The lowest BCUT2D eigenvalue weighted by Gasteiger charge is -2.30. The van der Waals surface area contributed by atoms with E-state index < -0.39 is 10.0 Å². The van der Waals surface area contributed by atoms with E-state index in [9.17, 15) is 8.42 Å². The van der Waals surface area contributed by atoms with E-state index in [4.69, 9.17) is 10.2 Å². The Balaban J connectivity index is 2.13. The predicted octanol–water partition coefficient (Wildman–Crippen LogP) is 2.70. The van der Waals surface area contributed by atoms with Gasteiger partial charge >= 0.3 is 0 Å². The molecule has 0 aliphatic carbocycles. The molecule has 0 saturated carbocycles. The summed E-state index contributed by atoms with van der Waals surface area (Å²) >= 11 is 3.17. The topological polar surface area (TPSA) is 76.5 Å². The minimum absolute atomic E-state index is 0.187. The van der Waals surface area contributed by atoms with Crippen molar-refractivity contribution >= 4 is 26.0 Å². The van der Waals surface area contributed by atoms with Crippen molar-refractivity contribution in [3.05, 3.63) is 16.5 Å². The second-order valence-electron chi connectivity index (χ2n) is 5.19. The molecule has 5 nitrogen and oxygen atoms in total. The zero-order valence-corrected chi connectivity index (χ0v) is 14.0. The normalized spacial score (nSPS) is 18.6. The first kappa shape index (κ1) is 16.0. The molecule has 1 aliphatic rings. The lowest BCUT2D eigenvalue weighted by molar-refractivity contribution is 0.262. The van der Waals surface area contributed by atoms with Crippen molar-refractivity contribution in [3.8, 4) is 0 Å². The molecule has 1 fully saturated rings. The fourth-order valence-electron chi connectivity index (χ4n) is 2.66. The smallest absolute Gasteiger partial charge is 0.247 e. The van der Waals surface area contributed by atoms with Gasteiger partial charge in [0, 0.05) is 19.2 Å². The van der Waals surface area contributed by atoms with Crippen LogP contribution >= 0.6 is 15.9 Å². The largest absolute Gasteiger partial charge is 0.452 e. The van der Waals surface area contributed by atoms with Gasteiger partial charge in [-0.1, -0.05) is 19.8 Å². The fraction of sp³-hybridized carbons (Fsp3) is 0.692. The van der Waals surface area contributed by atoms with Crippen LogP contribution in [-0.2, 0) is 16.6 Å². The third kappa shape index (κ3) is 3.27. The van der Waals surface area contributed by atoms with E-state index in [0.29, 0.717) is 24.8 Å². The Morgan fingerprint density at radius 3 is 2.60 bits per heavy atom. The average molecular weight is 365 g/mol. The molecule has 1 aliphatic heterocycles. The maximum Gasteiger partial charge on any atom is 0.247 e. The summed E-state index contributed by atoms with van der Waals surface area (Å²) in [5.41, 5.74) is 5.48. The molecule has 2 heterocycles. The van der Waals surface area contributed by atoms with Crippen LogP contribution < -0.4 is 5.73 Å². The first-order valence-electron chi connectivity index (χ1n) is 6.97. The molecule has 1 saturated heterocycles. The third-order valence-corrected chi connectivity index (χ3v) is 6.55. The Hall–Kier alpha value is -0.370. The highest BCUT2D eigenvalue weighted by atomic mass is 79.9. The van der Waals surface area contributed by atoms with Crippen molar-refractivity contribution in [1.29, 1.82) is 0 Å². The number of nitrogens with zero attached hydrogens (tertiary/aromatic N) is 1. The van der Waals surface area contributed by atoms with Crippen molar-refractivity contribution in [2.24, 2.45) is 11.7 Å². The number of furan rings is 1. The third-order valence-electron chi connectivity index (χ3n) is 3.80. The quantitative estimate of drug-likeness (QED) is 0.871. The zero-order chi connectivity index (χ0) is 14.8. The number of nitrogens with two attached hydrogens (primary N) is 1. The molecule has 0 unspecified atom stereocenters. The summed E-state index contributed by atoms with van der Waals surface area (Å²) in [6, 6.07) is 1.51. The minimum atomic E-state index is -3.48. The number of sulfonamides is 1. The molecular weight excluding hydrogens is 344 g/mol. The van der Waals surface area contributed by atoms with Gasteiger partial charge in [-0.2, -0.15) is 4.31 Å². The van der Waals surface area contributed by atoms with E-state index in [1.807, 2.05) is 0 Å². The lowest BCUT2D eigenvalue weighted by atomic mass is 9.94. The van der Waals surface area contributed by atoms with Gasteiger partial charge in [-0.25, -0.2) is 8.42 Å². The van der Waals surface area contributed by atoms with Gasteiger partial charge in [0.25, 0.3) is 0 Å². The minimum Gasteiger partial charge on any atom is -0.452 e. The van der Waals surface area contributed by atoms with E-state index >= 15 is 0 Å². The molecule has 2 rings (SSSR count). The summed E-state index contributed by atoms with van der Waals surface area (Å²) < 4.78 is 32.3. The molecule has 7 heteroatoms. The van der Waals surface area contributed by atoms with Crippen LogP contribution in [0.3, 0.4) is 0 Å². The Kier molecular flexibility index (Phi) is 5.28. The molecule has 0 radical (unpaired) electrons. The highest BCUT2D eigenvalue weighted by Crippen LogP contribution is 2.31. The van der Waals surface area contributed by atoms with Crippen LogP contribution in [0.25, 0.3) is 0 Å². The van der Waals surface area contributed by atoms with Crippen molar-refractivity contribution in [3.63, 3.8) is 0 Å². The number of hydrogen-bond acceptors (Lipinski definition) is 4. The lowest BCUT2D eigenvalue weighted by Crippen LogP contribution is -2.38. The van der Waals surface area contributed by atoms with Gasteiger partial charge < -0.3 is 10.2 Å². The molecule has 1 aromatic heterocycles. The van der Waals surface area contributed by atoms with Crippen molar-refractivity contribution in [2.45, 2.75) is 44.0 Å². The van der Waals surface area contributed by atoms with Crippen LogP contribution in [0, 0.1) is 5.92 Å². The Bertz CT molecular complexity index is 548. The van der Waals surface area contributed by atoms with Crippen LogP contribution in [0.15, 0.2) is 20.0 Å². The highest BCUT2D eigenvalue weighted by Gasteiger charge is 2.32. The predicted molar refractivity (Wildman–Crippen MR) is 80.7 cm³/mol. The van der Waals surface area contributed by atoms with Crippen LogP contribution in [0.1, 0.15) is 38.4 Å². The van der Waals surface area contributed by atoms with Gasteiger partial charge in [0.05, 0.1) is 6.54 Å². The molecule has 0 atom stereocenters. The summed E-state index contributed by atoms with van der Waals surface area (Å²) in [6.07, 6.45) is 4.21. The van der Waals surface area contributed by atoms with E-state index in [1.165, 1.54) is 12.5 Å². The molecule has 0 bridgehead atoms. The number of piperidine rings is 1. The summed E-state index contributed by atoms with van der Waals surface area (Å²) in [5, 5.41) is 0. The Morgan fingerprint density at radius 2 is 2.10 bits per heavy atom. The molecule has 0 amide bonds. The number of hydrogen-bond donors (Lipinski definition) is 1. The van der Waals surface area contributed by atoms with Gasteiger partial charge in [-0.05, 0) is 34.7 Å². The van der Waals surface area contributed by atoms with E-state index in [1.54, 1.807) is 4.31 Å². The molecule has 114 valence electrons. The van der Waals surface area contributed by atoms with Gasteiger partial charge in [-0.3, -0.25) is 0 Å². The maximum atomic E-state index is 12.6. The summed E-state index contributed by atoms with van der Waals surface area (Å²) in [5.74, 6) is 1.12. The van der Waals surface area contributed by atoms with Crippen LogP contribution in [0.2, 0.25) is 0 Å². The Labute approximate surface area is 128 Å².